The minimum absolute atomic E-state index is 0.368. The molecule has 1 aromatic carbocycles. The Labute approximate surface area is 123 Å². The Bertz CT molecular complexity index is 607. The Balaban J connectivity index is 2.48. The second kappa shape index (κ2) is 6.99. The molecule has 0 radical (unpaired) electrons. The van der Waals surface area contributed by atoms with E-state index in [4.69, 9.17) is 9.47 Å². The third-order valence-electron chi connectivity index (χ3n) is 3.08. The normalized spacial score (nSPS) is 12.0. The van der Waals surface area contributed by atoms with Gasteiger partial charge in [-0.05, 0) is 12.6 Å². The highest BCUT2D eigenvalue weighted by atomic mass is 19.1. The molecule has 0 amide bonds. The first-order valence-corrected chi connectivity index (χ1v) is 6.63. The van der Waals surface area contributed by atoms with Crippen molar-refractivity contribution in [1.29, 1.82) is 0 Å². The molecule has 0 saturated heterocycles. The number of rotatable bonds is 6. The maximum absolute atomic E-state index is 14.3. The zero-order valence-electron chi connectivity index (χ0n) is 12.3. The molecule has 2 rings (SSSR count). The van der Waals surface area contributed by atoms with E-state index in [1.807, 2.05) is 6.92 Å². The van der Waals surface area contributed by atoms with E-state index < -0.39 is 6.04 Å². The SMILES string of the molecule is CCNC(c1ccc(OC)cc1F)c1nccnc1OC. The van der Waals surface area contributed by atoms with Gasteiger partial charge in [-0.1, -0.05) is 13.0 Å². The highest BCUT2D eigenvalue weighted by Crippen LogP contribution is 2.29. The van der Waals surface area contributed by atoms with Crippen molar-refractivity contribution in [3.05, 3.63) is 47.7 Å². The fourth-order valence-corrected chi connectivity index (χ4v) is 2.12. The molecular formula is C15H18FN3O2. The van der Waals surface area contributed by atoms with Gasteiger partial charge in [-0.2, -0.15) is 0 Å². The van der Waals surface area contributed by atoms with Gasteiger partial charge >= 0.3 is 0 Å². The minimum atomic E-state index is -0.440. The van der Waals surface area contributed by atoms with Crippen LogP contribution in [-0.2, 0) is 0 Å². The maximum atomic E-state index is 14.3. The molecule has 1 aromatic heterocycles. The molecule has 0 aliphatic carbocycles. The van der Waals surface area contributed by atoms with Crippen LogP contribution in [0.4, 0.5) is 4.39 Å². The summed E-state index contributed by atoms with van der Waals surface area (Å²) >= 11 is 0. The van der Waals surface area contributed by atoms with Crippen molar-refractivity contribution in [2.45, 2.75) is 13.0 Å². The lowest BCUT2D eigenvalue weighted by Gasteiger charge is -2.20. The maximum Gasteiger partial charge on any atom is 0.237 e. The topological polar surface area (TPSA) is 56.3 Å². The molecule has 0 saturated carbocycles. The summed E-state index contributed by atoms with van der Waals surface area (Å²) in [4.78, 5) is 8.40. The summed E-state index contributed by atoms with van der Waals surface area (Å²) in [5, 5.41) is 3.20. The molecule has 0 fully saturated rings. The minimum Gasteiger partial charge on any atom is -0.497 e. The highest BCUT2D eigenvalue weighted by Gasteiger charge is 2.23. The number of methoxy groups -OCH3 is 2. The molecule has 21 heavy (non-hydrogen) atoms. The number of ether oxygens (including phenoxy) is 2. The molecule has 1 heterocycles. The standard InChI is InChI=1S/C15H18FN3O2/c1-4-17-13(14-15(21-3)19-8-7-18-14)11-6-5-10(20-2)9-12(11)16/h5-9,13,17H,4H2,1-3H3. The van der Waals surface area contributed by atoms with E-state index in [1.54, 1.807) is 18.3 Å². The predicted octanol–water partition coefficient (Wildman–Crippen LogP) is 2.33. The van der Waals surface area contributed by atoms with Gasteiger partial charge in [-0.15, -0.1) is 0 Å². The van der Waals surface area contributed by atoms with Crippen LogP contribution < -0.4 is 14.8 Å². The molecule has 1 N–H and O–H groups in total. The van der Waals surface area contributed by atoms with Gasteiger partial charge in [0.15, 0.2) is 0 Å². The van der Waals surface area contributed by atoms with Gasteiger partial charge in [-0.3, -0.25) is 4.98 Å². The van der Waals surface area contributed by atoms with Crippen LogP contribution in [0.3, 0.4) is 0 Å². The molecular weight excluding hydrogens is 273 g/mol. The van der Waals surface area contributed by atoms with Gasteiger partial charge in [0.05, 0.1) is 20.3 Å². The van der Waals surface area contributed by atoms with Gasteiger partial charge in [0.2, 0.25) is 5.88 Å². The van der Waals surface area contributed by atoms with E-state index in [2.05, 4.69) is 15.3 Å². The fourth-order valence-electron chi connectivity index (χ4n) is 2.12. The molecule has 0 spiro atoms. The number of hydrogen-bond donors (Lipinski definition) is 1. The zero-order valence-corrected chi connectivity index (χ0v) is 12.3. The van der Waals surface area contributed by atoms with Crippen molar-refractivity contribution in [2.24, 2.45) is 0 Å². The Morgan fingerprint density at radius 2 is 1.95 bits per heavy atom. The van der Waals surface area contributed by atoms with Crippen molar-refractivity contribution in [1.82, 2.24) is 15.3 Å². The number of nitrogens with zero attached hydrogens (tertiary/aromatic N) is 2. The average Bonchev–Trinajstić information content (AvgIpc) is 2.53. The van der Waals surface area contributed by atoms with E-state index in [-0.39, 0.29) is 5.82 Å². The van der Waals surface area contributed by atoms with Crippen LogP contribution in [0.1, 0.15) is 24.2 Å². The van der Waals surface area contributed by atoms with E-state index in [9.17, 15) is 4.39 Å². The Hall–Kier alpha value is -2.21. The quantitative estimate of drug-likeness (QED) is 0.885. The summed E-state index contributed by atoms with van der Waals surface area (Å²) in [7, 11) is 3.02. The van der Waals surface area contributed by atoms with Crippen LogP contribution in [0.5, 0.6) is 11.6 Å². The lowest BCUT2D eigenvalue weighted by molar-refractivity contribution is 0.381. The van der Waals surface area contributed by atoms with E-state index in [1.165, 1.54) is 26.5 Å². The summed E-state index contributed by atoms with van der Waals surface area (Å²) in [6.45, 7) is 2.59. The van der Waals surface area contributed by atoms with Crippen molar-refractivity contribution in [2.75, 3.05) is 20.8 Å². The Morgan fingerprint density at radius 1 is 1.19 bits per heavy atom. The summed E-state index contributed by atoms with van der Waals surface area (Å²) in [5.41, 5.74) is 1.02. The Kier molecular flexibility index (Phi) is 5.05. The number of benzene rings is 1. The zero-order chi connectivity index (χ0) is 15.2. The molecule has 6 heteroatoms. The molecule has 1 atom stereocenters. The van der Waals surface area contributed by atoms with Crippen LogP contribution in [0.15, 0.2) is 30.6 Å². The van der Waals surface area contributed by atoms with Crippen molar-refractivity contribution in [3.8, 4) is 11.6 Å². The van der Waals surface area contributed by atoms with Gasteiger partial charge in [0.1, 0.15) is 17.3 Å². The molecule has 5 nitrogen and oxygen atoms in total. The Morgan fingerprint density at radius 3 is 2.57 bits per heavy atom. The second-order valence-corrected chi connectivity index (χ2v) is 4.33. The van der Waals surface area contributed by atoms with Gasteiger partial charge in [-0.25, -0.2) is 9.37 Å². The first kappa shape index (κ1) is 15.2. The second-order valence-electron chi connectivity index (χ2n) is 4.33. The van der Waals surface area contributed by atoms with Crippen LogP contribution in [0, 0.1) is 5.82 Å². The monoisotopic (exact) mass is 291 g/mol. The van der Waals surface area contributed by atoms with Gasteiger partial charge < -0.3 is 14.8 Å². The predicted molar refractivity (Wildman–Crippen MR) is 77.1 cm³/mol. The highest BCUT2D eigenvalue weighted by molar-refractivity contribution is 5.37. The summed E-state index contributed by atoms with van der Waals surface area (Å²) in [6.07, 6.45) is 3.10. The summed E-state index contributed by atoms with van der Waals surface area (Å²) < 4.78 is 24.6. The van der Waals surface area contributed by atoms with Crippen LogP contribution in [0.2, 0.25) is 0 Å². The number of nitrogens with one attached hydrogen (secondary N) is 1. The molecule has 112 valence electrons. The van der Waals surface area contributed by atoms with E-state index in [0.29, 0.717) is 29.4 Å². The van der Waals surface area contributed by atoms with Crippen LogP contribution in [-0.4, -0.2) is 30.7 Å². The van der Waals surface area contributed by atoms with Crippen LogP contribution in [0.25, 0.3) is 0 Å². The third kappa shape index (κ3) is 3.28. The molecule has 1 unspecified atom stereocenters. The molecule has 2 aromatic rings. The summed E-state index contributed by atoms with van der Waals surface area (Å²) in [6, 6.07) is 4.30. The number of hydrogen-bond acceptors (Lipinski definition) is 5. The van der Waals surface area contributed by atoms with E-state index >= 15 is 0 Å². The first-order chi connectivity index (χ1) is 10.2. The fraction of sp³-hybridized carbons (Fsp3) is 0.333. The lowest BCUT2D eigenvalue weighted by Crippen LogP contribution is -2.24. The number of halogens is 1. The molecule has 0 aliphatic rings. The van der Waals surface area contributed by atoms with Crippen molar-refractivity contribution >= 4 is 0 Å². The van der Waals surface area contributed by atoms with Crippen molar-refractivity contribution in [3.63, 3.8) is 0 Å². The van der Waals surface area contributed by atoms with Crippen molar-refractivity contribution < 1.29 is 13.9 Å². The van der Waals surface area contributed by atoms with Gasteiger partial charge in [0.25, 0.3) is 0 Å². The average molecular weight is 291 g/mol. The first-order valence-electron chi connectivity index (χ1n) is 6.63. The smallest absolute Gasteiger partial charge is 0.237 e. The third-order valence-corrected chi connectivity index (χ3v) is 3.08. The van der Waals surface area contributed by atoms with E-state index in [0.717, 1.165) is 0 Å². The summed E-state index contributed by atoms with van der Waals surface area (Å²) in [5.74, 6) is 0.476. The molecule has 0 aliphatic heterocycles. The van der Waals surface area contributed by atoms with Crippen LogP contribution >= 0.6 is 0 Å². The largest absolute Gasteiger partial charge is 0.497 e. The van der Waals surface area contributed by atoms with Gasteiger partial charge in [0, 0.05) is 24.0 Å². The lowest BCUT2D eigenvalue weighted by atomic mass is 10.0. The molecule has 0 bridgehead atoms. The number of aromatic nitrogens is 2.